The second kappa shape index (κ2) is 5.42. The maximum Gasteiger partial charge on any atom is 0.0702 e. The van der Waals surface area contributed by atoms with Gasteiger partial charge in [-0.1, -0.05) is 31.5 Å². The molecule has 2 aliphatic carbocycles. The van der Waals surface area contributed by atoms with Crippen molar-refractivity contribution in [3.63, 3.8) is 0 Å². The van der Waals surface area contributed by atoms with Gasteiger partial charge in [0.25, 0.3) is 0 Å². The van der Waals surface area contributed by atoms with Crippen LogP contribution in [0.2, 0.25) is 0 Å². The Labute approximate surface area is 127 Å². The molecule has 1 N–H and O–H groups in total. The van der Waals surface area contributed by atoms with Gasteiger partial charge < -0.3 is 5.32 Å². The summed E-state index contributed by atoms with van der Waals surface area (Å²) >= 11 is 0. The first-order valence-electron chi connectivity index (χ1n) is 8.43. The molecule has 0 spiro atoms. The highest BCUT2D eigenvalue weighted by Crippen LogP contribution is 2.52. The Morgan fingerprint density at radius 2 is 2.14 bits per heavy atom. The van der Waals surface area contributed by atoms with E-state index in [1.54, 1.807) is 0 Å². The van der Waals surface area contributed by atoms with E-state index in [1.807, 2.05) is 0 Å². The van der Waals surface area contributed by atoms with E-state index in [9.17, 15) is 0 Å². The molecule has 2 aliphatic rings. The molecule has 110 valence electrons. The van der Waals surface area contributed by atoms with Crippen LogP contribution in [0.4, 0.5) is 0 Å². The van der Waals surface area contributed by atoms with Gasteiger partial charge in [0.2, 0.25) is 0 Å². The lowest BCUT2D eigenvalue weighted by atomic mass is 9.80. The van der Waals surface area contributed by atoms with Crippen molar-refractivity contribution >= 4 is 10.9 Å². The van der Waals surface area contributed by atoms with Crippen molar-refractivity contribution in [2.75, 3.05) is 6.54 Å². The molecule has 0 saturated heterocycles. The zero-order chi connectivity index (χ0) is 14.2. The normalized spacial score (nSPS) is 29.1. The summed E-state index contributed by atoms with van der Waals surface area (Å²) < 4.78 is 0. The van der Waals surface area contributed by atoms with E-state index in [-0.39, 0.29) is 0 Å². The fourth-order valence-corrected chi connectivity index (χ4v) is 4.70. The fourth-order valence-electron chi connectivity index (χ4n) is 4.70. The van der Waals surface area contributed by atoms with Gasteiger partial charge in [0.05, 0.1) is 5.52 Å². The van der Waals surface area contributed by atoms with Crippen molar-refractivity contribution in [2.24, 2.45) is 17.8 Å². The number of rotatable bonds is 4. The summed E-state index contributed by atoms with van der Waals surface area (Å²) in [7, 11) is 0. The predicted molar refractivity (Wildman–Crippen MR) is 87.1 cm³/mol. The molecule has 4 atom stereocenters. The Bertz CT molecular complexity index is 636. The molecule has 4 rings (SSSR count). The molecular weight excluding hydrogens is 256 g/mol. The molecule has 2 nitrogen and oxygen atoms in total. The van der Waals surface area contributed by atoms with E-state index < -0.39 is 0 Å². The Morgan fingerprint density at radius 3 is 2.90 bits per heavy atom. The highest BCUT2D eigenvalue weighted by molar-refractivity contribution is 5.78. The van der Waals surface area contributed by atoms with Crippen LogP contribution in [0.25, 0.3) is 10.9 Å². The number of nitrogens with one attached hydrogen (secondary N) is 1. The molecule has 2 saturated carbocycles. The van der Waals surface area contributed by atoms with Crippen LogP contribution in [0.15, 0.2) is 36.5 Å². The number of hydrogen-bond donors (Lipinski definition) is 1. The lowest BCUT2D eigenvalue weighted by Crippen LogP contribution is -2.31. The van der Waals surface area contributed by atoms with Crippen molar-refractivity contribution in [1.82, 2.24) is 10.3 Å². The Balaban J connectivity index is 1.68. The number of hydrogen-bond acceptors (Lipinski definition) is 2. The fraction of sp³-hybridized carbons (Fsp3) is 0.526. The standard InChI is InChI=1S/C19H24N2/c1-2-20-19(17-10-13-7-8-14(17)9-13)16-11-15-5-3-4-6-18(15)21-12-16/h3-6,11-14,17,19-20H,2,7-10H2,1H3. The largest absolute Gasteiger partial charge is 0.310 e. The van der Waals surface area contributed by atoms with E-state index in [0.717, 1.165) is 29.8 Å². The summed E-state index contributed by atoms with van der Waals surface area (Å²) in [5.74, 6) is 2.74. The minimum absolute atomic E-state index is 0.488. The second-order valence-electron chi connectivity index (χ2n) is 6.84. The Kier molecular flexibility index (Phi) is 3.42. The lowest BCUT2D eigenvalue weighted by molar-refractivity contribution is 0.253. The van der Waals surface area contributed by atoms with Gasteiger partial charge in [-0.25, -0.2) is 0 Å². The lowest BCUT2D eigenvalue weighted by Gasteiger charge is -2.31. The Hall–Kier alpha value is -1.41. The molecule has 1 aromatic heterocycles. The Morgan fingerprint density at radius 1 is 1.24 bits per heavy atom. The van der Waals surface area contributed by atoms with Gasteiger partial charge >= 0.3 is 0 Å². The molecule has 0 aliphatic heterocycles. The van der Waals surface area contributed by atoms with Crippen molar-refractivity contribution < 1.29 is 0 Å². The van der Waals surface area contributed by atoms with Crippen LogP contribution in [0, 0.1) is 17.8 Å². The van der Waals surface area contributed by atoms with Gasteiger partial charge in [0.15, 0.2) is 0 Å². The minimum atomic E-state index is 0.488. The maximum absolute atomic E-state index is 4.68. The SMILES string of the molecule is CCNC(c1cnc2ccccc2c1)C1CC2CCC1C2. The van der Waals surface area contributed by atoms with Gasteiger partial charge in [0, 0.05) is 17.6 Å². The average Bonchev–Trinajstić information content (AvgIpc) is 3.15. The zero-order valence-corrected chi connectivity index (χ0v) is 12.8. The number of para-hydroxylation sites is 1. The van der Waals surface area contributed by atoms with Crippen LogP contribution in [0.1, 0.15) is 44.2 Å². The molecular formula is C19H24N2. The molecule has 2 heteroatoms. The smallest absolute Gasteiger partial charge is 0.0702 e. The quantitative estimate of drug-likeness (QED) is 0.902. The van der Waals surface area contributed by atoms with Crippen molar-refractivity contribution in [2.45, 2.75) is 38.6 Å². The minimum Gasteiger partial charge on any atom is -0.310 e. The number of nitrogens with zero attached hydrogens (tertiary/aromatic N) is 1. The highest BCUT2D eigenvalue weighted by Gasteiger charge is 2.43. The first-order chi connectivity index (χ1) is 10.3. The molecule has 4 unspecified atom stereocenters. The summed E-state index contributed by atoms with van der Waals surface area (Å²) in [5, 5.41) is 5.02. The number of benzene rings is 1. The molecule has 1 aromatic carbocycles. The first kappa shape index (κ1) is 13.3. The number of aromatic nitrogens is 1. The van der Waals surface area contributed by atoms with E-state index >= 15 is 0 Å². The molecule has 2 fully saturated rings. The molecule has 1 heterocycles. The molecule has 2 bridgehead atoms. The third kappa shape index (κ3) is 2.36. The van der Waals surface area contributed by atoms with Crippen LogP contribution in [0.5, 0.6) is 0 Å². The van der Waals surface area contributed by atoms with Crippen LogP contribution < -0.4 is 5.32 Å². The molecule has 21 heavy (non-hydrogen) atoms. The third-order valence-electron chi connectivity index (χ3n) is 5.62. The van der Waals surface area contributed by atoms with Crippen molar-refractivity contribution in [3.05, 3.63) is 42.1 Å². The monoisotopic (exact) mass is 280 g/mol. The third-order valence-corrected chi connectivity index (χ3v) is 5.62. The molecule has 0 amide bonds. The second-order valence-corrected chi connectivity index (χ2v) is 6.84. The van der Waals surface area contributed by atoms with Gasteiger partial charge in [-0.3, -0.25) is 4.98 Å². The molecule has 2 aromatic rings. The van der Waals surface area contributed by atoms with Gasteiger partial charge in [-0.05, 0) is 61.3 Å². The summed E-state index contributed by atoms with van der Waals surface area (Å²) in [6.07, 6.45) is 7.89. The molecule has 0 radical (unpaired) electrons. The van der Waals surface area contributed by atoms with E-state index in [4.69, 9.17) is 0 Å². The van der Waals surface area contributed by atoms with Crippen molar-refractivity contribution in [1.29, 1.82) is 0 Å². The number of pyridine rings is 1. The van der Waals surface area contributed by atoms with Crippen LogP contribution in [0.3, 0.4) is 0 Å². The first-order valence-corrected chi connectivity index (χ1v) is 8.43. The van der Waals surface area contributed by atoms with Gasteiger partial charge in [0.1, 0.15) is 0 Å². The predicted octanol–water partition coefficient (Wildman–Crippen LogP) is 4.32. The van der Waals surface area contributed by atoms with Crippen LogP contribution in [-0.2, 0) is 0 Å². The van der Waals surface area contributed by atoms with Gasteiger partial charge in [-0.15, -0.1) is 0 Å². The van der Waals surface area contributed by atoms with Crippen LogP contribution >= 0.6 is 0 Å². The average molecular weight is 280 g/mol. The van der Waals surface area contributed by atoms with Crippen molar-refractivity contribution in [3.8, 4) is 0 Å². The van der Waals surface area contributed by atoms with Gasteiger partial charge in [-0.2, -0.15) is 0 Å². The summed E-state index contributed by atoms with van der Waals surface area (Å²) in [6, 6.07) is 11.3. The summed E-state index contributed by atoms with van der Waals surface area (Å²) in [6.45, 7) is 3.25. The highest BCUT2D eigenvalue weighted by atomic mass is 14.9. The maximum atomic E-state index is 4.68. The van der Waals surface area contributed by atoms with Crippen LogP contribution in [-0.4, -0.2) is 11.5 Å². The van der Waals surface area contributed by atoms with E-state index in [1.165, 1.54) is 36.6 Å². The number of fused-ring (bicyclic) bond motifs is 3. The summed E-state index contributed by atoms with van der Waals surface area (Å²) in [5.41, 5.74) is 2.48. The topological polar surface area (TPSA) is 24.9 Å². The van der Waals surface area contributed by atoms with E-state index in [2.05, 4.69) is 53.8 Å². The summed E-state index contributed by atoms with van der Waals surface area (Å²) in [4.78, 5) is 4.68. The zero-order valence-electron chi connectivity index (χ0n) is 12.8. The van der Waals surface area contributed by atoms with E-state index in [0.29, 0.717) is 6.04 Å².